The summed E-state index contributed by atoms with van der Waals surface area (Å²) in [5.41, 5.74) is 0.784. The van der Waals surface area contributed by atoms with Crippen molar-refractivity contribution in [3.63, 3.8) is 0 Å². The van der Waals surface area contributed by atoms with E-state index >= 15 is 0 Å². The standard InChI is InChI=1S/C29H38Cl2N2O4S/c1-2-3-18-37-28-26(30)19-21(20-27(28)31)29(34)32-22-14-16-25(17-15-22)38(35,36)33(23-10-6-4-7-11-23)24-12-8-5-9-13-24/h14-17,19-20,23-24H,2-13,18H2,1H3,(H,32,34). The lowest BCUT2D eigenvalue weighted by Gasteiger charge is -2.40. The summed E-state index contributed by atoms with van der Waals surface area (Å²) in [5.74, 6) is -0.0241. The van der Waals surface area contributed by atoms with Gasteiger partial charge in [-0.1, -0.05) is 75.1 Å². The monoisotopic (exact) mass is 580 g/mol. The number of sulfonamides is 1. The van der Waals surface area contributed by atoms with Gasteiger partial charge >= 0.3 is 0 Å². The van der Waals surface area contributed by atoms with Crippen molar-refractivity contribution >= 4 is 44.8 Å². The number of hydrogen-bond donors (Lipinski definition) is 1. The topological polar surface area (TPSA) is 75.7 Å². The van der Waals surface area contributed by atoms with E-state index in [2.05, 4.69) is 12.2 Å². The Morgan fingerprint density at radius 3 is 1.95 bits per heavy atom. The number of halogens is 2. The van der Waals surface area contributed by atoms with Crippen LogP contribution in [0.15, 0.2) is 41.3 Å². The van der Waals surface area contributed by atoms with Crippen LogP contribution >= 0.6 is 23.2 Å². The van der Waals surface area contributed by atoms with Crippen LogP contribution in [-0.4, -0.2) is 37.3 Å². The maximum absolute atomic E-state index is 13.9. The van der Waals surface area contributed by atoms with Gasteiger partial charge in [-0.2, -0.15) is 4.31 Å². The van der Waals surface area contributed by atoms with Gasteiger partial charge in [0.2, 0.25) is 10.0 Å². The number of nitrogens with zero attached hydrogens (tertiary/aromatic N) is 1. The second kappa shape index (κ2) is 13.5. The predicted molar refractivity (Wildman–Crippen MR) is 154 cm³/mol. The first-order valence-electron chi connectivity index (χ1n) is 13.9. The summed E-state index contributed by atoms with van der Waals surface area (Å²) < 4.78 is 35.3. The van der Waals surface area contributed by atoms with Gasteiger partial charge in [0.05, 0.1) is 21.5 Å². The number of anilines is 1. The Labute approximate surface area is 237 Å². The summed E-state index contributed by atoms with van der Waals surface area (Å²) in [5, 5.41) is 3.35. The smallest absolute Gasteiger partial charge is 0.255 e. The molecule has 2 aliphatic rings. The predicted octanol–water partition coefficient (Wildman–Crippen LogP) is 8.08. The van der Waals surface area contributed by atoms with Gasteiger partial charge < -0.3 is 10.1 Å². The number of rotatable bonds is 10. The summed E-state index contributed by atoms with van der Waals surface area (Å²) in [4.78, 5) is 13.2. The summed E-state index contributed by atoms with van der Waals surface area (Å²) in [6.45, 7) is 2.56. The molecular weight excluding hydrogens is 543 g/mol. The number of benzene rings is 2. The molecule has 2 aromatic carbocycles. The molecule has 2 fully saturated rings. The summed E-state index contributed by atoms with van der Waals surface area (Å²) in [6.07, 6.45) is 12.2. The molecule has 0 aliphatic heterocycles. The van der Waals surface area contributed by atoms with Crippen molar-refractivity contribution in [3.05, 3.63) is 52.0 Å². The molecule has 2 saturated carbocycles. The summed E-state index contributed by atoms with van der Waals surface area (Å²) in [6, 6.07) is 9.64. The van der Waals surface area contributed by atoms with E-state index < -0.39 is 15.9 Å². The fourth-order valence-corrected chi connectivity index (χ4v) is 8.07. The molecule has 0 spiro atoms. The van der Waals surface area contributed by atoms with Crippen LogP contribution in [0.2, 0.25) is 10.0 Å². The molecule has 2 aromatic rings. The van der Waals surface area contributed by atoms with Crippen molar-refractivity contribution < 1.29 is 17.9 Å². The van der Waals surface area contributed by atoms with Crippen molar-refractivity contribution in [1.29, 1.82) is 0 Å². The number of ether oxygens (including phenoxy) is 1. The van der Waals surface area contributed by atoms with Gasteiger partial charge in [0.25, 0.3) is 5.91 Å². The Balaban J connectivity index is 1.49. The third-order valence-electron chi connectivity index (χ3n) is 7.56. The molecule has 0 bridgehead atoms. The number of carbonyl (C=O) groups excluding carboxylic acids is 1. The number of nitrogens with one attached hydrogen (secondary N) is 1. The lowest BCUT2D eigenvalue weighted by Crippen LogP contribution is -2.48. The molecule has 208 valence electrons. The van der Waals surface area contributed by atoms with E-state index in [0.717, 1.165) is 64.2 Å². The number of carbonyl (C=O) groups is 1. The molecule has 0 heterocycles. The summed E-state index contributed by atoms with van der Waals surface area (Å²) in [7, 11) is -3.65. The van der Waals surface area contributed by atoms with Gasteiger partial charge in [-0.3, -0.25) is 4.79 Å². The van der Waals surface area contributed by atoms with Gasteiger partial charge in [-0.15, -0.1) is 0 Å². The van der Waals surface area contributed by atoms with Crippen molar-refractivity contribution in [2.24, 2.45) is 0 Å². The van der Waals surface area contributed by atoms with Gasteiger partial charge in [0.1, 0.15) is 0 Å². The van der Waals surface area contributed by atoms with Crippen molar-refractivity contribution in [2.45, 2.75) is 101 Å². The molecule has 2 aliphatic carbocycles. The van der Waals surface area contributed by atoms with E-state index in [0.29, 0.717) is 23.6 Å². The Hall–Kier alpha value is -1.80. The lowest BCUT2D eigenvalue weighted by atomic mass is 9.91. The van der Waals surface area contributed by atoms with E-state index in [1.807, 2.05) is 4.31 Å². The molecule has 0 unspecified atom stereocenters. The SMILES string of the molecule is CCCCOc1c(Cl)cc(C(=O)Nc2ccc(S(=O)(=O)N(C3CCCCC3)C3CCCCC3)cc2)cc1Cl. The van der Waals surface area contributed by atoms with Crippen LogP contribution in [-0.2, 0) is 10.0 Å². The Bertz CT molecular complexity index is 1150. The highest BCUT2D eigenvalue weighted by Gasteiger charge is 2.38. The molecular formula is C29H38Cl2N2O4S. The van der Waals surface area contributed by atoms with Crippen LogP contribution in [0.25, 0.3) is 0 Å². The minimum absolute atomic E-state index is 0.0691. The van der Waals surface area contributed by atoms with E-state index in [9.17, 15) is 13.2 Å². The van der Waals surface area contributed by atoms with Crippen molar-refractivity contribution in [3.8, 4) is 5.75 Å². The normalized spacial score (nSPS) is 17.5. The average Bonchev–Trinajstić information content (AvgIpc) is 2.91. The zero-order valence-electron chi connectivity index (χ0n) is 22.1. The van der Waals surface area contributed by atoms with Gasteiger partial charge in [-0.25, -0.2) is 8.42 Å². The minimum Gasteiger partial charge on any atom is -0.490 e. The molecule has 4 rings (SSSR count). The molecule has 1 N–H and O–H groups in total. The van der Waals surface area contributed by atoms with Crippen LogP contribution in [0.5, 0.6) is 5.75 Å². The number of amides is 1. The average molecular weight is 582 g/mol. The van der Waals surface area contributed by atoms with Crippen LogP contribution in [0.1, 0.15) is 94.3 Å². The van der Waals surface area contributed by atoms with E-state index in [4.69, 9.17) is 27.9 Å². The highest BCUT2D eigenvalue weighted by molar-refractivity contribution is 7.89. The highest BCUT2D eigenvalue weighted by atomic mass is 35.5. The van der Waals surface area contributed by atoms with Gasteiger partial charge in [0, 0.05) is 23.3 Å². The van der Waals surface area contributed by atoms with Crippen LogP contribution in [0.4, 0.5) is 5.69 Å². The van der Waals surface area contributed by atoms with Crippen LogP contribution in [0.3, 0.4) is 0 Å². The molecule has 38 heavy (non-hydrogen) atoms. The molecule has 6 nitrogen and oxygen atoms in total. The molecule has 0 aromatic heterocycles. The molecule has 9 heteroatoms. The second-order valence-electron chi connectivity index (χ2n) is 10.4. The third kappa shape index (κ3) is 7.04. The Morgan fingerprint density at radius 2 is 1.45 bits per heavy atom. The summed E-state index contributed by atoms with van der Waals surface area (Å²) >= 11 is 12.7. The van der Waals surface area contributed by atoms with Crippen molar-refractivity contribution in [2.75, 3.05) is 11.9 Å². The minimum atomic E-state index is -3.65. The maximum atomic E-state index is 13.9. The second-order valence-corrected chi connectivity index (χ2v) is 13.0. The van der Waals surface area contributed by atoms with E-state index in [1.54, 1.807) is 24.3 Å². The van der Waals surface area contributed by atoms with E-state index in [1.165, 1.54) is 25.0 Å². The number of unbranched alkanes of at least 4 members (excludes halogenated alkanes) is 1. The quantitative estimate of drug-likeness (QED) is 0.288. The molecule has 0 radical (unpaired) electrons. The van der Waals surface area contributed by atoms with E-state index in [-0.39, 0.29) is 27.0 Å². The van der Waals surface area contributed by atoms with Crippen molar-refractivity contribution in [1.82, 2.24) is 4.31 Å². The molecule has 1 amide bonds. The highest BCUT2D eigenvalue weighted by Crippen LogP contribution is 2.36. The number of hydrogen-bond acceptors (Lipinski definition) is 4. The maximum Gasteiger partial charge on any atom is 0.255 e. The first-order valence-corrected chi connectivity index (χ1v) is 16.1. The lowest BCUT2D eigenvalue weighted by molar-refractivity contribution is 0.102. The van der Waals surface area contributed by atoms with Gasteiger partial charge in [-0.05, 0) is 68.5 Å². The fourth-order valence-electron chi connectivity index (χ4n) is 5.54. The third-order valence-corrected chi connectivity index (χ3v) is 10.1. The van der Waals surface area contributed by atoms with Gasteiger partial charge in [0.15, 0.2) is 5.75 Å². The largest absolute Gasteiger partial charge is 0.490 e. The zero-order valence-corrected chi connectivity index (χ0v) is 24.4. The fraction of sp³-hybridized carbons (Fsp3) is 0.552. The molecule has 0 atom stereocenters. The Kier molecular flexibility index (Phi) is 10.4. The van der Waals surface area contributed by atoms with Crippen LogP contribution < -0.4 is 10.1 Å². The first-order chi connectivity index (χ1) is 18.3. The zero-order chi connectivity index (χ0) is 27.1. The first kappa shape index (κ1) is 29.2. The molecule has 0 saturated heterocycles. The Morgan fingerprint density at radius 1 is 0.921 bits per heavy atom. The van der Waals surface area contributed by atoms with Crippen LogP contribution in [0, 0.1) is 0 Å².